The van der Waals surface area contributed by atoms with Crippen LogP contribution in [0.5, 0.6) is 0 Å². The molecule has 2 fully saturated rings. The van der Waals surface area contributed by atoms with Crippen molar-refractivity contribution in [2.75, 3.05) is 26.3 Å². The highest BCUT2D eigenvalue weighted by Crippen LogP contribution is 2.27. The monoisotopic (exact) mass is 336 g/mol. The quantitative estimate of drug-likeness (QED) is 0.853. The van der Waals surface area contributed by atoms with E-state index in [1.165, 1.54) is 12.8 Å². The van der Waals surface area contributed by atoms with Gasteiger partial charge in [0.05, 0.1) is 19.8 Å². The number of aryl methyl sites for hydroxylation is 1. The Kier molecular flexibility index (Phi) is 5.27. The molecule has 0 unspecified atom stereocenters. The first kappa shape index (κ1) is 17.5. The van der Waals surface area contributed by atoms with Gasteiger partial charge in [-0.05, 0) is 38.8 Å². The Balaban J connectivity index is 1.60. The van der Waals surface area contributed by atoms with E-state index in [9.17, 15) is 9.90 Å². The average molecular weight is 336 g/mol. The van der Waals surface area contributed by atoms with Crippen molar-refractivity contribution in [2.24, 2.45) is 0 Å². The third kappa shape index (κ3) is 3.82. The Morgan fingerprint density at radius 2 is 2.17 bits per heavy atom. The van der Waals surface area contributed by atoms with E-state index in [0.29, 0.717) is 25.0 Å². The molecule has 24 heavy (non-hydrogen) atoms. The molecule has 1 saturated heterocycles. The molecule has 0 spiro atoms. The summed E-state index contributed by atoms with van der Waals surface area (Å²) in [6, 6.07) is 3.77. The van der Waals surface area contributed by atoms with Crippen LogP contribution in [-0.4, -0.2) is 54.3 Å². The van der Waals surface area contributed by atoms with Crippen molar-refractivity contribution in [1.82, 2.24) is 10.2 Å². The maximum absolute atomic E-state index is 12.7. The third-order valence-electron chi connectivity index (χ3n) is 5.14. The van der Waals surface area contributed by atoms with Crippen molar-refractivity contribution >= 4 is 5.91 Å². The number of hydrogen-bond acceptors (Lipinski definition) is 5. The normalized spacial score (nSPS) is 25.5. The maximum Gasteiger partial charge on any atom is 0.239 e. The lowest BCUT2D eigenvalue weighted by molar-refractivity contribution is -0.135. The van der Waals surface area contributed by atoms with Gasteiger partial charge in [0.15, 0.2) is 0 Å². The van der Waals surface area contributed by atoms with Gasteiger partial charge in [-0.2, -0.15) is 0 Å². The lowest BCUT2D eigenvalue weighted by Crippen LogP contribution is -2.57. The van der Waals surface area contributed by atoms with Crippen molar-refractivity contribution in [3.63, 3.8) is 0 Å². The van der Waals surface area contributed by atoms with Gasteiger partial charge in [-0.1, -0.05) is 12.8 Å². The lowest BCUT2D eigenvalue weighted by Gasteiger charge is -2.39. The first-order chi connectivity index (χ1) is 11.5. The zero-order valence-corrected chi connectivity index (χ0v) is 14.6. The molecule has 0 radical (unpaired) electrons. The van der Waals surface area contributed by atoms with Gasteiger partial charge in [-0.15, -0.1) is 0 Å². The first-order valence-corrected chi connectivity index (χ1v) is 8.88. The molecule has 1 aliphatic heterocycles. The highest BCUT2D eigenvalue weighted by atomic mass is 16.5. The van der Waals surface area contributed by atoms with Crippen molar-refractivity contribution in [1.29, 1.82) is 0 Å². The minimum absolute atomic E-state index is 0.0786. The van der Waals surface area contributed by atoms with Crippen LogP contribution in [0.15, 0.2) is 16.5 Å². The fraction of sp³-hybridized carbons (Fsp3) is 0.722. The molecule has 0 bridgehead atoms. The van der Waals surface area contributed by atoms with Crippen LogP contribution in [0.2, 0.25) is 0 Å². The van der Waals surface area contributed by atoms with Crippen molar-refractivity contribution in [2.45, 2.75) is 57.2 Å². The molecule has 1 aromatic heterocycles. The number of furan rings is 1. The zero-order chi connectivity index (χ0) is 17.2. The molecule has 1 aromatic rings. The van der Waals surface area contributed by atoms with Crippen LogP contribution < -0.4 is 5.32 Å². The number of amides is 1. The number of aliphatic hydroxyl groups is 1. The van der Waals surface area contributed by atoms with Crippen LogP contribution in [0.1, 0.15) is 44.1 Å². The molecule has 6 nitrogen and oxygen atoms in total. The van der Waals surface area contributed by atoms with E-state index in [2.05, 4.69) is 10.2 Å². The molecular formula is C18H28N2O4. The minimum Gasteiger partial charge on any atom is -0.463 e. The van der Waals surface area contributed by atoms with E-state index in [-0.39, 0.29) is 18.5 Å². The molecular weight excluding hydrogens is 308 g/mol. The summed E-state index contributed by atoms with van der Waals surface area (Å²) >= 11 is 0. The molecule has 3 rings (SSSR count). The highest BCUT2D eigenvalue weighted by Gasteiger charge is 2.36. The van der Waals surface area contributed by atoms with Gasteiger partial charge in [-0.3, -0.25) is 9.69 Å². The number of carbonyl (C=O) groups is 1. The third-order valence-corrected chi connectivity index (χ3v) is 5.14. The predicted octanol–water partition coefficient (Wildman–Crippen LogP) is 1.56. The molecule has 2 N–H and O–H groups in total. The fourth-order valence-corrected chi connectivity index (χ4v) is 3.70. The number of rotatable bonds is 5. The van der Waals surface area contributed by atoms with Crippen LogP contribution in [-0.2, 0) is 15.1 Å². The van der Waals surface area contributed by atoms with Crippen molar-refractivity contribution in [3.05, 3.63) is 23.7 Å². The smallest absolute Gasteiger partial charge is 0.239 e. The fourth-order valence-electron chi connectivity index (χ4n) is 3.70. The second-order valence-electron chi connectivity index (χ2n) is 7.17. The molecule has 1 saturated carbocycles. The van der Waals surface area contributed by atoms with Gasteiger partial charge in [-0.25, -0.2) is 0 Å². The average Bonchev–Trinajstić information content (AvgIpc) is 3.24. The van der Waals surface area contributed by atoms with E-state index in [0.717, 1.165) is 25.1 Å². The predicted molar refractivity (Wildman–Crippen MR) is 89.6 cm³/mol. The Bertz CT molecular complexity index is 563. The molecule has 134 valence electrons. The Hall–Kier alpha value is -1.37. The van der Waals surface area contributed by atoms with E-state index in [4.69, 9.17) is 9.15 Å². The summed E-state index contributed by atoms with van der Waals surface area (Å²) in [6.45, 7) is 5.51. The standard InChI is InChI=1S/C18H28N2O4/c1-13-7-8-16(24-13)18(2,22)12-19-17(21)15-11-23-10-9-20(15)14-5-3-4-6-14/h7-8,14-15,22H,3-6,9-12H2,1-2H3,(H,19,21)/t15-,18-/m1/s1. The minimum atomic E-state index is -1.22. The lowest BCUT2D eigenvalue weighted by atomic mass is 10.0. The number of carbonyl (C=O) groups excluding carboxylic acids is 1. The summed E-state index contributed by atoms with van der Waals surface area (Å²) in [5.41, 5.74) is -1.22. The van der Waals surface area contributed by atoms with Gasteiger partial charge in [0.1, 0.15) is 23.2 Å². The van der Waals surface area contributed by atoms with Gasteiger partial charge < -0.3 is 19.6 Å². The number of hydrogen-bond donors (Lipinski definition) is 2. The van der Waals surface area contributed by atoms with Gasteiger partial charge in [0.2, 0.25) is 5.91 Å². The van der Waals surface area contributed by atoms with Crippen molar-refractivity contribution < 1.29 is 19.1 Å². The molecule has 2 heterocycles. The molecule has 0 aromatic carbocycles. The molecule has 1 amide bonds. The Morgan fingerprint density at radius 3 is 2.83 bits per heavy atom. The van der Waals surface area contributed by atoms with Crippen LogP contribution in [0.25, 0.3) is 0 Å². The first-order valence-electron chi connectivity index (χ1n) is 8.88. The van der Waals surface area contributed by atoms with Gasteiger partial charge in [0, 0.05) is 12.6 Å². The molecule has 6 heteroatoms. The van der Waals surface area contributed by atoms with Crippen molar-refractivity contribution in [3.8, 4) is 0 Å². The number of ether oxygens (including phenoxy) is 1. The van der Waals surface area contributed by atoms with Crippen LogP contribution in [0.3, 0.4) is 0 Å². The molecule has 2 aliphatic rings. The summed E-state index contributed by atoms with van der Waals surface area (Å²) in [5.74, 6) is 1.13. The topological polar surface area (TPSA) is 74.9 Å². The summed E-state index contributed by atoms with van der Waals surface area (Å²) in [5, 5.41) is 13.5. The molecule has 2 atom stereocenters. The second-order valence-corrected chi connectivity index (χ2v) is 7.17. The summed E-state index contributed by atoms with van der Waals surface area (Å²) < 4.78 is 11.0. The number of nitrogens with zero attached hydrogens (tertiary/aromatic N) is 1. The van der Waals surface area contributed by atoms with E-state index >= 15 is 0 Å². The van der Waals surface area contributed by atoms with Crippen LogP contribution >= 0.6 is 0 Å². The van der Waals surface area contributed by atoms with Crippen LogP contribution in [0, 0.1) is 6.92 Å². The van der Waals surface area contributed by atoms with E-state index in [1.807, 2.05) is 13.0 Å². The highest BCUT2D eigenvalue weighted by molar-refractivity contribution is 5.82. The van der Waals surface area contributed by atoms with E-state index < -0.39 is 5.60 Å². The Labute approximate surface area is 143 Å². The maximum atomic E-state index is 12.7. The second kappa shape index (κ2) is 7.25. The summed E-state index contributed by atoms with van der Waals surface area (Å²) in [7, 11) is 0. The SMILES string of the molecule is Cc1ccc([C@](C)(O)CNC(=O)[C@H]2COCCN2C2CCCC2)o1. The summed E-state index contributed by atoms with van der Waals surface area (Å²) in [4.78, 5) is 15.0. The van der Waals surface area contributed by atoms with Crippen LogP contribution in [0.4, 0.5) is 0 Å². The number of morpholine rings is 1. The van der Waals surface area contributed by atoms with Gasteiger partial charge >= 0.3 is 0 Å². The molecule has 1 aliphatic carbocycles. The largest absolute Gasteiger partial charge is 0.463 e. The van der Waals surface area contributed by atoms with Gasteiger partial charge in [0.25, 0.3) is 0 Å². The zero-order valence-electron chi connectivity index (χ0n) is 14.6. The number of nitrogens with one attached hydrogen (secondary N) is 1. The Morgan fingerprint density at radius 1 is 1.42 bits per heavy atom. The summed E-state index contributed by atoms with van der Waals surface area (Å²) in [6.07, 6.45) is 4.80. The van der Waals surface area contributed by atoms with E-state index in [1.54, 1.807) is 13.0 Å².